The third-order valence-electron chi connectivity index (χ3n) is 6.67. The zero-order valence-electron chi connectivity index (χ0n) is 21.8. The number of anilines is 1. The minimum absolute atomic E-state index is 0.0337. The molecular weight excluding hydrogens is 569 g/mol. The average Bonchev–Trinajstić information content (AvgIpc) is 3.25. The first-order valence-electron chi connectivity index (χ1n) is 12.3. The van der Waals surface area contributed by atoms with Crippen molar-refractivity contribution in [1.29, 1.82) is 0 Å². The second-order valence-corrected chi connectivity index (χ2v) is 11.6. The Bertz CT molecular complexity index is 1620. The number of aryl methyl sites for hydroxylation is 1. The van der Waals surface area contributed by atoms with E-state index in [1.807, 2.05) is 6.92 Å². The molecule has 0 aliphatic carbocycles. The molecule has 218 valence electrons. The van der Waals surface area contributed by atoms with Crippen molar-refractivity contribution in [2.45, 2.75) is 31.5 Å². The van der Waals surface area contributed by atoms with Crippen LogP contribution in [-0.2, 0) is 26.8 Å². The molecule has 3 N–H and O–H groups in total. The van der Waals surface area contributed by atoms with E-state index >= 15 is 0 Å². The summed E-state index contributed by atoms with van der Waals surface area (Å²) in [7, 11) is -2.73. The lowest BCUT2D eigenvalue weighted by Crippen LogP contribution is -2.53. The molecule has 0 radical (unpaired) electrons. The monoisotopic (exact) mass is 594 g/mol. The van der Waals surface area contributed by atoms with Crippen LogP contribution in [0.3, 0.4) is 0 Å². The van der Waals surface area contributed by atoms with Crippen molar-refractivity contribution in [3.63, 3.8) is 0 Å². The molecule has 0 saturated carbocycles. The predicted molar refractivity (Wildman–Crippen MR) is 139 cm³/mol. The van der Waals surface area contributed by atoms with Gasteiger partial charge in [0, 0.05) is 30.7 Å². The van der Waals surface area contributed by atoms with E-state index < -0.39 is 45.9 Å². The molecule has 0 fully saturated rings. The minimum atomic E-state index is -4.51. The van der Waals surface area contributed by atoms with Crippen LogP contribution in [-0.4, -0.2) is 67.2 Å². The Morgan fingerprint density at radius 3 is 2.73 bits per heavy atom. The van der Waals surface area contributed by atoms with Crippen molar-refractivity contribution in [1.82, 2.24) is 24.8 Å². The third kappa shape index (κ3) is 5.83. The fourth-order valence-corrected chi connectivity index (χ4v) is 5.33. The fraction of sp³-hybridized carbons (Fsp3) is 0.360. The van der Waals surface area contributed by atoms with Gasteiger partial charge in [0.15, 0.2) is 18.2 Å². The summed E-state index contributed by atoms with van der Waals surface area (Å²) >= 11 is 0. The predicted octanol–water partition coefficient (Wildman–Crippen LogP) is 1.97. The van der Waals surface area contributed by atoms with E-state index in [1.165, 1.54) is 29.9 Å². The summed E-state index contributed by atoms with van der Waals surface area (Å²) in [6, 6.07) is 7.63. The number of ether oxygens (including phenoxy) is 2. The lowest BCUT2D eigenvalue weighted by Gasteiger charge is -2.41. The zero-order chi connectivity index (χ0) is 29.6. The number of hydrogen-bond donors (Lipinski definition) is 3. The summed E-state index contributed by atoms with van der Waals surface area (Å²) in [6.07, 6.45) is -2.47. The molecule has 3 aromatic rings. The van der Waals surface area contributed by atoms with E-state index in [4.69, 9.17) is 9.47 Å². The number of hydrogen-bond acceptors (Lipinski definition) is 8. The van der Waals surface area contributed by atoms with Crippen molar-refractivity contribution in [2.24, 2.45) is 0 Å². The first-order chi connectivity index (χ1) is 19.3. The second-order valence-electron chi connectivity index (χ2n) is 9.66. The van der Waals surface area contributed by atoms with Crippen molar-refractivity contribution >= 4 is 27.7 Å². The highest BCUT2D eigenvalue weighted by Gasteiger charge is 2.46. The Kier molecular flexibility index (Phi) is 7.15. The number of nitrogens with zero attached hydrogens (tertiary/aromatic N) is 3. The number of alkyl halides is 3. The molecule has 0 bridgehead atoms. The molecule has 2 aliphatic rings. The molecule has 2 amide bonds. The average molecular weight is 595 g/mol. The summed E-state index contributed by atoms with van der Waals surface area (Å²) in [4.78, 5) is 30.7. The topological polar surface area (TPSA) is 154 Å². The van der Waals surface area contributed by atoms with E-state index in [1.54, 1.807) is 18.3 Å². The quantitative estimate of drug-likeness (QED) is 0.375. The zero-order valence-corrected chi connectivity index (χ0v) is 22.6. The smallest absolute Gasteiger partial charge is 0.422 e. The lowest BCUT2D eigenvalue weighted by atomic mass is 9.77. The Morgan fingerprint density at radius 1 is 1.27 bits per heavy atom. The molecule has 16 heteroatoms. The fourth-order valence-electron chi connectivity index (χ4n) is 4.77. The number of pyridine rings is 1. The van der Waals surface area contributed by atoms with Crippen molar-refractivity contribution < 1.29 is 40.7 Å². The van der Waals surface area contributed by atoms with Crippen LogP contribution in [0.15, 0.2) is 36.5 Å². The van der Waals surface area contributed by atoms with Gasteiger partial charge in [-0.15, -0.1) is 0 Å². The van der Waals surface area contributed by atoms with E-state index in [2.05, 4.69) is 25.4 Å². The van der Waals surface area contributed by atoms with Crippen LogP contribution >= 0.6 is 0 Å². The van der Waals surface area contributed by atoms with Crippen LogP contribution in [0.1, 0.15) is 33.6 Å². The molecule has 4 heterocycles. The number of sulfonamides is 1. The Hall–Kier alpha value is -4.18. The van der Waals surface area contributed by atoms with E-state index in [-0.39, 0.29) is 41.7 Å². The number of benzene rings is 1. The molecule has 0 saturated heterocycles. The van der Waals surface area contributed by atoms with E-state index in [0.717, 1.165) is 5.56 Å². The van der Waals surface area contributed by atoms with Crippen LogP contribution in [0.5, 0.6) is 11.5 Å². The van der Waals surface area contributed by atoms with Gasteiger partial charge >= 0.3 is 6.18 Å². The van der Waals surface area contributed by atoms with Gasteiger partial charge in [-0.1, -0.05) is 6.07 Å². The first kappa shape index (κ1) is 28.4. The van der Waals surface area contributed by atoms with Crippen molar-refractivity contribution in [3.05, 3.63) is 58.9 Å². The number of rotatable bonds is 7. The molecule has 1 aromatic carbocycles. The van der Waals surface area contributed by atoms with Crippen LogP contribution in [0, 0.1) is 6.92 Å². The van der Waals surface area contributed by atoms with Gasteiger partial charge < -0.3 is 20.1 Å². The van der Waals surface area contributed by atoms with Gasteiger partial charge in [0.1, 0.15) is 22.8 Å². The van der Waals surface area contributed by atoms with Crippen molar-refractivity contribution in [3.8, 4) is 17.3 Å². The Morgan fingerprint density at radius 2 is 2.05 bits per heavy atom. The maximum atomic E-state index is 13.6. The normalized spacial score (nSPS) is 18.2. The molecule has 2 aromatic heterocycles. The van der Waals surface area contributed by atoms with Gasteiger partial charge in [-0.2, -0.15) is 23.0 Å². The standard InChI is InChI=1S/C25H25F3N6O6S/c1-14-3-6-19(30-11-14)34-22(31-20(35)12-41(37,38)29-2)21-17(33-34)10-24(32-23(21)36)7-8-39-18-9-15(4-5-16(18)24)40-13-25(26,27)28/h3-6,9,11,29H,7-8,10,12-13H2,1-2H3,(H,31,35)(H,32,36)/t24-/m0/s1. The highest BCUT2D eigenvalue weighted by atomic mass is 32.2. The van der Waals surface area contributed by atoms with E-state index in [0.29, 0.717) is 17.7 Å². The van der Waals surface area contributed by atoms with Gasteiger partial charge in [-0.3, -0.25) is 9.59 Å². The number of carbonyl (C=O) groups excluding carboxylic acids is 2. The second kappa shape index (κ2) is 10.3. The summed E-state index contributed by atoms with van der Waals surface area (Å²) in [6.45, 7) is 0.512. The first-order valence-corrected chi connectivity index (χ1v) is 14.0. The van der Waals surface area contributed by atoms with Crippen LogP contribution in [0.4, 0.5) is 19.0 Å². The van der Waals surface area contributed by atoms with Crippen molar-refractivity contribution in [2.75, 3.05) is 31.3 Å². The molecule has 1 spiro atoms. The van der Waals surface area contributed by atoms with Gasteiger partial charge in [-0.05, 0) is 37.7 Å². The SMILES string of the molecule is CNS(=O)(=O)CC(=O)Nc1c2c(nn1-c1ccc(C)cn1)C[C@]1(CCOc3cc(OCC(F)(F)F)ccc31)NC2=O. The largest absolute Gasteiger partial charge is 0.493 e. The molecule has 12 nitrogen and oxygen atoms in total. The molecular formula is C25H25F3N6O6S. The summed E-state index contributed by atoms with van der Waals surface area (Å²) in [5.74, 6) is -1.95. The highest BCUT2D eigenvalue weighted by molar-refractivity contribution is 7.90. The molecule has 2 aliphatic heterocycles. The van der Waals surface area contributed by atoms with E-state index in [9.17, 15) is 31.2 Å². The maximum Gasteiger partial charge on any atom is 0.422 e. The number of nitrogens with one attached hydrogen (secondary N) is 3. The van der Waals surface area contributed by atoms with Crippen LogP contribution in [0.25, 0.3) is 5.82 Å². The van der Waals surface area contributed by atoms with Gasteiger partial charge in [0.25, 0.3) is 5.91 Å². The molecule has 0 unspecified atom stereocenters. The molecule has 1 atom stereocenters. The number of fused-ring (bicyclic) bond motifs is 3. The number of carbonyl (C=O) groups is 2. The summed E-state index contributed by atoms with van der Waals surface area (Å²) in [5, 5.41) is 10.1. The maximum absolute atomic E-state index is 13.6. The van der Waals surface area contributed by atoms with Gasteiger partial charge in [0.05, 0.1) is 17.8 Å². The van der Waals surface area contributed by atoms with Gasteiger partial charge in [0.2, 0.25) is 15.9 Å². The third-order valence-corrected chi connectivity index (χ3v) is 7.93. The van der Waals surface area contributed by atoms with Crippen LogP contribution in [0.2, 0.25) is 0 Å². The summed E-state index contributed by atoms with van der Waals surface area (Å²) in [5.41, 5.74) is 0.692. The highest BCUT2D eigenvalue weighted by Crippen LogP contribution is 2.44. The number of amides is 2. The lowest BCUT2D eigenvalue weighted by molar-refractivity contribution is -0.153. The summed E-state index contributed by atoms with van der Waals surface area (Å²) < 4.78 is 75.7. The minimum Gasteiger partial charge on any atom is -0.493 e. The Balaban J connectivity index is 1.54. The van der Waals surface area contributed by atoms with Crippen LogP contribution < -0.4 is 24.8 Å². The molecule has 41 heavy (non-hydrogen) atoms. The number of aromatic nitrogens is 3. The molecule has 5 rings (SSSR count). The number of halogens is 3. The Labute approximate surface area is 232 Å². The van der Waals surface area contributed by atoms with Gasteiger partial charge in [-0.25, -0.2) is 18.1 Å².